The van der Waals surface area contributed by atoms with Gasteiger partial charge in [0.1, 0.15) is 0 Å². The molecule has 2 unspecified atom stereocenters. The van der Waals surface area contributed by atoms with Crippen LogP contribution in [0, 0.1) is 5.92 Å². The zero-order valence-electron chi connectivity index (χ0n) is 12.2. The van der Waals surface area contributed by atoms with E-state index in [1.165, 1.54) is 0 Å². The number of piperazine rings is 1. The van der Waals surface area contributed by atoms with Crippen LogP contribution in [0.4, 0.5) is 8.78 Å². The minimum Gasteiger partial charge on any atom is -0.311 e. The molecular weight excluding hydrogens is 258 g/mol. The molecule has 112 valence electrons. The number of benzene rings is 1. The quantitative estimate of drug-likeness (QED) is 0.891. The van der Waals surface area contributed by atoms with E-state index in [4.69, 9.17) is 0 Å². The van der Waals surface area contributed by atoms with Gasteiger partial charge in [-0.25, -0.2) is 8.78 Å². The summed E-state index contributed by atoms with van der Waals surface area (Å²) < 4.78 is 25.7. The normalized spacial score (nSPS) is 24.5. The zero-order valence-corrected chi connectivity index (χ0v) is 12.2. The first-order valence-electron chi connectivity index (χ1n) is 7.36. The van der Waals surface area contributed by atoms with Crippen LogP contribution in [-0.2, 0) is 0 Å². The third-order valence-electron chi connectivity index (χ3n) is 3.81. The van der Waals surface area contributed by atoms with Crippen LogP contribution in [0.3, 0.4) is 0 Å². The molecular formula is C16H24F2N2. The van der Waals surface area contributed by atoms with Gasteiger partial charge in [-0.15, -0.1) is 0 Å². The summed E-state index contributed by atoms with van der Waals surface area (Å²) in [6.45, 7) is 5.64. The fourth-order valence-electron chi connectivity index (χ4n) is 2.99. The Morgan fingerprint density at radius 3 is 2.55 bits per heavy atom. The summed E-state index contributed by atoms with van der Waals surface area (Å²) in [4.78, 5) is 1.93. The predicted octanol–water partition coefficient (Wildman–Crippen LogP) is 3.31. The standard InChI is InChI=1S/C16H24F2N2/c1-12(2)8-14-10-20(11-16(17)18)15(9-19-14)13-6-4-3-5-7-13/h3-7,12,14-16,19H,8-11H2,1-2H3. The highest BCUT2D eigenvalue weighted by atomic mass is 19.3. The van der Waals surface area contributed by atoms with Crippen molar-refractivity contribution in [3.05, 3.63) is 35.9 Å². The molecule has 2 atom stereocenters. The molecule has 0 saturated carbocycles. The summed E-state index contributed by atoms with van der Waals surface area (Å²) in [5.41, 5.74) is 1.11. The first-order chi connectivity index (χ1) is 9.56. The van der Waals surface area contributed by atoms with Gasteiger partial charge in [0.05, 0.1) is 6.54 Å². The summed E-state index contributed by atoms with van der Waals surface area (Å²) in [6, 6.07) is 10.3. The summed E-state index contributed by atoms with van der Waals surface area (Å²) >= 11 is 0. The van der Waals surface area contributed by atoms with Crippen LogP contribution in [0.25, 0.3) is 0 Å². The lowest BCUT2D eigenvalue weighted by molar-refractivity contribution is 0.0400. The fraction of sp³-hybridized carbons (Fsp3) is 0.625. The van der Waals surface area contributed by atoms with Crippen LogP contribution < -0.4 is 5.32 Å². The van der Waals surface area contributed by atoms with Crippen LogP contribution in [0.5, 0.6) is 0 Å². The Morgan fingerprint density at radius 1 is 1.25 bits per heavy atom. The van der Waals surface area contributed by atoms with E-state index in [1.54, 1.807) is 0 Å². The molecule has 0 amide bonds. The molecule has 0 aromatic heterocycles. The number of alkyl halides is 2. The summed E-state index contributed by atoms with van der Waals surface area (Å²) in [5.74, 6) is 0.578. The van der Waals surface area contributed by atoms with Gasteiger partial charge in [-0.1, -0.05) is 44.2 Å². The van der Waals surface area contributed by atoms with Crippen LogP contribution >= 0.6 is 0 Å². The van der Waals surface area contributed by atoms with Crippen molar-refractivity contribution < 1.29 is 8.78 Å². The monoisotopic (exact) mass is 282 g/mol. The number of hydrogen-bond donors (Lipinski definition) is 1. The van der Waals surface area contributed by atoms with Crippen LogP contribution in [0.2, 0.25) is 0 Å². The predicted molar refractivity (Wildman–Crippen MR) is 78.0 cm³/mol. The minimum absolute atomic E-state index is 0.0496. The van der Waals surface area contributed by atoms with E-state index in [1.807, 2.05) is 35.2 Å². The van der Waals surface area contributed by atoms with E-state index in [9.17, 15) is 8.78 Å². The Balaban J connectivity index is 2.08. The lowest BCUT2D eigenvalue weighted by Gasteiger charge is -2.41. The molecule has 0 spiro atoms. The molecule has 1 aliphatic heterocycles. The second kappa shape index (κ2) is 7.14. The van der Waals surface area contributed by atoms with Crippen molar-refractivity contribution in [2.75, 3.05) is 19.6 Å². The molecule has 0 radical (unpaired) electrons. The van der Waals surface area contributed by atoms with Gasteiger partial charge >= 0.3 is 0 Å². The maximum atomic E-state index is 12.8. The smallest absolute Gasteiger partial charge is 0.251 e. The SMILES string of the molecule is CC(C)CC1CN(CC(F)F)C(c2ccccc2)CN1. The number of halogens is 2. The molecule has 1 aromatic carbocycles. The highest BCUT2D eigenvalue weighted by Crippen LogP contribution is 2.25. The maximum Gasteiger partial charge on any atom is 0.251 e. The average molecular weight is 282 g/mol. The van der Waals surface area contributed by atoms with Crippen LogP contribution in [-0.4, -0.2) is 37.0 Å². The molecule has 1 fully saturated rings. The van der Waals surface area contributed by atoms with Crippen molar-refractivity contribution in [3.63, 3.8) is 0 Å². The van der Waals surface area contributed by atoms with Crippen LogP contribution in [0.15, 0.2) is 30.3 Å². The fourth-order valence-corrected chi connectivity index (χ4v) is 2.99. The van der Waals surface area contributed by atoms with Crippen molar-refractivity contribution >= 4 is 0 Å². The molecule has 1 aromatic rings. The second-order valence-electron chi connectivity index (χ2n) is 6.01. The van der Waals surface area contributed by atoms with Crippen molar-refractivity contribution in [3.8, 4) is 0 Å². The molecule has 4 heteroatoms. The number of nitrogens with one attached hydrogen (secondary N) is 1. The molecule has 1 saturated heterocycles. The van der Waals surface area contributed by atoms with E-state index < -0.39 is 6.43 Å². The molecule has 0 aliphatic carbocycles. The van der Waals surface area contributed by atoms with Crippen molar-refractivity contribution in [2.45, 2.75) is 38.8 Å². The molecule has 20 heavy (non-hydrogen) atoms. The van der Waals surface area contributed by atoms with Gasteiger partial charge in [-0.05, 0) is 17.9 Å². The Kier molecular flexibility index (Phi) is 5.49. The highest BCUT2D eigenvalue weighted by molar-refractivity contribution is 5.20. The largest absolute Gasteiger partial charge is 0.311 e. The zero-order chi connectivity index (χ0) is 14.5. The number of nitrogens with zero attached hydrogens (tertiary/aromatic N) is 1. The highest BCUT2D eigenvalue weighted by Gasteiger charge is 2.30. The van der Waals surface area contributed by atoms with Gasteiger partial charge in [-0.2, -0.15) is 0 Å². The molecule has 1 N–H and O–H groups in total. The molecule has 2 rings (SSSR count). The third-order valence-corrected chi connectivity index (χ3v) is 3.81. The van der Waals surface area contributed by atoms with Gasteiger partial charge in [0.15, 0.2) is 0 Å². The van der Waals surface area contributed by atoms with Gasteiger partial charge in [0.2, 0.25) is 0 Å². The summed E-state index contributed by atoms with van der Waals surface area (Å²) in [5, 5.41) is 3.52. The van der Waals surface area contributed by atoms with Crippen molar-refractivity contribution in [2.24, 2.45) is 5.92 Å². The lowest BCUT2D eigenvalue weighted by atomic mass is 9.96. The topological polar surface area (TPSA) is 15.3 Å². The van der Waals surface area contributed by atoms with Gasteiger partial charge < -0.3 is 5.32 Å². The van der Waals surface area contributed by atoms with E-state index >= 15 is 0 Å². The molecule has 1 heterocycles. The van der Waals surface area contributed by atoms with Crippen molar-refractivity contribution in [1.82, 2.24) is 10.2 Å². The average Bonchev–Trinajstić information content (AvgIpc) is 2.38. The van der Waals surface area contributed by atoms with Gasteiger partial charge in [0.25, 0.3) is 6.43 Å². The van der Waals surface area contributed by atoms with E-state index in [-0.39, 0.29) is 12.6 Å². The Labute approximate surface area is 120 Å². The molecule has 2 nitrogen and oxygen atoms in total. The number of rotatable bonds is 5. The Bertz CT molecular complexity index is 395. The second-order valence-corrected chi connectivity index (χ2v) is 6.01. The van der Waals surface area contributed by atoms with Gasteiger partial charge in [-0.3, -0.25) is 4.90 Å². The first kappa shape index (κ1) is 15.4. The molecule has 0 bridgehead atoms. The Hall–Kier alpha value is -1.00. The summed E-state index contributed by atoms with van der Waals surface area (Å²) in [6.07, 6.45) is -1.25. The first-order valence-corrected chi connectivity index (χ1v) is 7.36. The summed E-state index contributed by atoms with van der Waals surface area (Å²) in [7, 11) is 0. The minimum atomic E-state index is -2.28. The van der Waals surface area contributed by atoms with E-state index in [0.29, 0.717) is 18.5 Å². The van der Waals surface area contributed by atoms with E-state index in [0.717, 1.165) is 18.5 Å². The van der Waals surface area contributed by atoms with Crippen LogP contribution in [0.1, 0.15) is 31.9 Å². The lowest BCUT2D eigenvalue weighted by Crippen LogP contribution is -2.53. The number of hydrogen-bond acceptors (Lipinski definition) is 2. The molecule has 1 aliphatic rings. The van der Waals surface area contributed by atoms with Crippen molar-refractivity contribution in [1.29, 1.82) is 0 Å². The maximum absolute atomic E-state index is 12.8. The third kappa shape index (κ3) is 4.25. The van der Waals surface area contributed by atoms with Gasteiger partial charge in [0, 0.05) is 25.2 Å². The van der Waals surface area contributed by atoms with E-state index in [2.05, 4.69) is 19.2 Å². The Morgan fingerprint density at radius 2 is 1.95 bits per heavy atom.